The summed E-state index contributed by atoms with van der Waals surface area (Å²) in [5.74, 6) is -0.741. The number of aromatic nitrogens is 3. The van der Waals surface area contributed by atoms with Crippen molar-refractivity contribution in [3.8, 4) is 0 Å². The van der Waals surface area contributed by atoms with Crippen molar-refractivity contribution in [3.63, 3.8) is 0 Å². The molecule has 1 aliphatic heterocycles. The Morgan fingerprint density at radius 1 is 1.55 bits per heavy atom. The highest BCUT2D eigenvalue weighted by atomic mass is 16.5. The lowest BCUT2D eigenvalue weighted by atomic mass is 10.1. The minimum absolute atomic E-state index is 0.0229. The molecule has 0 spiro atoms. The molecule has 6 heteroatoms. The van der Waals surface area contributed by atoms with Gasteiger partial charge < -0.3 is 9.84 Å². The predicted octanol–water partition coefficient (Wildman–Crippen LogP) is 2.03. The van der Waals surface area contributed by atoms with E-state index in [0.29, 0.717) is 6.42 Å². The maximum absolute atomic E-state index is 10.4. The Morgan fingerprint density at radius 3 is 3.00 bits per heavy atom. The topological polar surface area (TPSA) is 77.2 Å². The van der Waals surface area contributed by atoms with E-state index in [9.17, 15) is 4.79 Å². The lowest BCUT2D eigenvalue weighted by molar-refractivity contribution is -0.137. The molecule has 2 rings (SSSR count). The molecule has 0 aliphatic carbocycles. The zero-order valence-electron chi connectivity index (χ0n) is 12.2. The minimum Gasteiger partial charge on any atom is -0.481 e. The molecule has 1 aromatic heterocycles. The number of hydrogen-bond donors (Lipinski definition) is 1. The maximum atomic E-state index is 10.4. The number of unbranched alkanes of at least 4 members (excludes halogenated alkanes) is 1. The highest BCUT2D eigenvalue weighted by Gasteiger charge is 2.31. The first-order valence-electron chi connectivity index (χ1n) is 7.23. The van der Waals surface area contributed by atoms with Crippen molar-refractivity contribution in [1.29, 1.82) is 0 Å². The fourth-order valence-electron chi connectivity index (χ4n) is 2.54. The smallest absolute Gasteiger partial charge is 0.303 e. The molecule has 112 valence electrons. The third-order valence-corrected chi connectivity index (χ3v) is 3.60. The van der Waals surface area contributed by atoms with E-state index in [4.69, 9.17) is 9.84 Å². The molecule has 2 heterocycles. The lowest BCUT2D eigenvalue weighted by Crippen LogP contribution is -2.23. The largest absolute Gasteiger partial charge is 0.481 e. The van der Waals surface area contributed by atoms with E-state index in [1.54, 1.807) is 0 Å². The zero-order valence-corrected chi connectivity index (χ0v) is 12.2. The van der Waals surface area contributed by atoms with Crippen LogP contribution < -0.4 is 0 Å². The molecular formula is C14H23N3O3. The average molecular weight is 281 g/mol. The average Bonchev–Trinajstić information content (AvgIpc) is 2.92. The summed E-state index contributed by atoms with van der Waals surface area (Å²) in [6, 6.07) is 0. The Labute approximate surface area is 119 Å². The van der Waals surface area contributed by atoms with Crippen molar-refractivity contribution in [2.75, 3.05) is 0 Å². The number of carbonyl (C=O) groups is 1. The first-order valence-corrected chi connectivity index (χ1v) is 7.23. The second-order valence-electron chi connectivity index (χ2n) is 6.07. The van der Waals surface area contributed by atoms with Crippen molar-refractivity contribution in [3.05, 3.63) is 11.9 Å². The highest BCUT2D eigenvalue weighted by molar-refractivity contribution is 5.66. The van der Waals surface area contributed by atoms with Crippen molar-refractivity contribution in [2.24, 2.45) is 0 Å². The molecule has 1 saturated heterocycles. The number of carboxylic acids is 1. The Bertz CT molecular complexity index is 456. The van der Waals surface area contributed by atoms with Gasteiger partial charge in [0.25, 0.3) is 0 Å². The monoisotopic (exact) mass is 281 g/mol. The molecule has 1 unspecified atom stereocenters. The molecule has 1 aliphatic rings. The molecule has 0 bridgehead atoms. The number of ether oxygens (including phenoxy) is 1. The quantitative estimate of drug-likeness (QED) is 0.774. The van der Waals surface area contributed by atoms with E-state index >= 15 is 0 Å². The van der Waals surface area contributed by atoms with Gasteiger partial charge in [-0.25, -0.2) is 4.68 Å². The minimum atomic E-state index is -0.741. The van der Waals surface area contributed by atoms with Gasteiger partial charge in [0.1, 0.15) is 0 Å². The first-order chi connectivity index (χ1) is 9.44. The molecule has 0 saturated carbocycles. The molecule has 0 radical (unpaired) electrons. The third kappa shape index (κ3) is 4.59. The van der Waals surface area contributed by atoms with Crippen LogP contribution in [-0.2, 0) is 22.5 Å². The van der Waals surface area contributed by atoms with Gasteiger partial charge in [-0.3, -0.25) is 4.79 Å². The summed E-state index contributed by atoms with van der Waals surface area (Å²) in [6.07, 6.45) is 6.81. The molecular weight excluding hydrogens is 258 g/mol. The van der Waals surface area contributed by atoms with Crippen LogP contribution in [0.15, 0.2) is 6.20 Å². The summed E-state index contributed by atoms with van der Waals surface area (Å²) in [7, 11) is 0. The summed E-state index contributed by atoms with van der Waals surface area (Å²) in [5, 5.41) is 16.8. The molecule has 0 amide bonds. The molecule has 1 fully saturated rings. The van der Waals surface area contributed by atoms with Crippen LogP contribution in [-0.4, -0.2) is 37.8 Å². The van der Waals surface area contributed by atoms with Crippen molar-refractivity contribution >= 4 is 5.97 Å². The van der Waals surface area contributed by atoms with E-state index in [2.05, 4.69) is 24.2 Å². The fourth-order valence-corrected chi connectivity index (χ4v) is 2.54. The van der Waals surface area contributed by atoms with Crippen LogP contribution in [0.4, 0.5) is 0 Å². The summed E-state index contributed by atoms with van der Waals surface area (Å²) in [5.41, 5.74) is 0.901. The first kappa shape index (κ1) is 15.0. The lowest BCUT2D eigenvalue weighted by Gasteiger charge is -2.18. The zero-order chi connectivity index (χ0) is 14.6. The molecule has 1 atom stereocenters. The van der Waals surface area contributed by atoms with Crippen LogP contribution in [0.2, 0.25) is 0 Å². The van der Waals surface area contributed by atoms with Gasteiger partial charge in [0.05, 0.1) is 23.9 Å². The van der Waals surface area contributed by atoms with Gasteiger partial charge in [0, 0.05) is 12.6 Å². The third-order valence-electron chi connectivity index (χ3n) is 3.60. The Hall–Kier alpha value is -1.43. The maximum Gasteiger partial charge on any atom is 0.303 e. The Morgan fingerprint density at radius 2 is 2.35 bits per heavy atom. The van der Waals surface area contributed by atoms with Gasteiger partial charge in [-0.2, -0.15) is 0 Å². The second-order valence-corrected chi connectivity index (χ2v) is 6.07. The molecule has 1 N–H and O–H groups in total. The summed E-state index contributed by atoms with van der Waals surface area (Å²) in [4.78, 5) is 10.4. The van der Waals surface area contributed by atoms with Gasteiger partial charge in [-0.05, 0) is 46.0 Å². The van der Waals surface area contributed by atoms with E-state index in [0.717, 1.165) is 37.9 Å². The summed E-state index contributed by atoms with van der Waals surface area (Å²) in [6.45, 7) is 4.97. The van der Waals surface area contributed by atoms with E-state index in [-0.39, 0.29) is 18.1 Å². The van der Waals surface area contributed by atoms with Crippen LogP contribution in [0.25, 0.3) is 0 Å². The molecule has 0 aromatic carbocycles. The summed E-state index contributed by atoms with van der Waals surface area (Å²) >= 11 is 0. The Balaban J connectivity index is 1.73. The van der Waals surface area contributed by atoms with Crippen LogP contribution in [0.1, 0.15) is 51.6 Å². The summed E-state index contributed by atoms with van der Waals surface area (Å²) < 4.78 is 7.76. The molecule has 6 nitrogen and oxygen atoms in total. The van der Waals surface area contributed by atoms with E-state index in [1.165, 1.54) is 0 Å². The number of nitrogens with zero attached hydrogens (tertiary/aromatic N) is 3. The second kappa shape index (κ2) is 6.35. The molecule has 20 heavy (non-hydrogen) atoms. The normalized spacial score (nSPS) is 21.2. The number of hydrogen-bond acceptors (Lipinski definition) is 4. The van der Waals surface area contributed by atoms with Crippen molar-refractivity contribution in [1.82, 2.24) is 15.0 Å². The predicted molar refractivity (Wildman–Crippen MR) is 73.4 cm³/mol. The van der Waals surface area contributed by atoms with Gasteiger partial charge in [-0.1, -0.05) is 5.21 Å². The van der Waals surface area contributed by atoms with Gasteiger partial charge >= 0.3 is 5.97 Å². The molecule has 1 aromatic rings. The van der Waals surface area contributed by atoms with Crippen molar-refractivity contribution < 1.29 is 14.6 Å². The number of aryl methyl sites for hydroxylation is 1. The standard InChI is InChI=1S/C14H23N3O3/c1-14(2)8-7-12(20-14)10-17-9-11(15-16-17)5-3-4-6-13(18)19/h9,12H,3-8,10H2,1-2H3,(H,18,19). The van der Waals surface area contributed by atoms with Gasteiger partial charge in [0.15, 0.2) is 0 Å². The van der Waals surface area contributed by atoms with E-state index in [1.807, 2.05) is 10.9 Å². The van der Waals surface area contributed by atoms with Crippen LogP contribution in [0.5, 0.6) is 0 Å². The van der Waals surface area contributed by atoms with Gasteiger partial charge in [-0.15, -0.1) is 5.10 Å². The highest BCUT2D eigenvalue weighted by Crippen LogP contribution is 2.29. The van der Waals surface area contributed by atoms with Crippen LogP contribution >= 0.6 is 0 Å². The van der Waals surface area contributed by atoms with E-state index < -0.39 is 5.97 Å². The van der Waals surface area contributed by atoms with Crippen molar-refractivity contribution in [2.45, 2.75) is 70.6 Å². The number of rotatable bonds is 7. The SMILES string of the molecule is CC1(C)CCC(Cn2cc(CCCCC(=O)O)nn2)O1. The Kier molecular flexibility index (Phi) is 4.75. The van der Waals surface area contributed by atoms with Crippen LogP contribution in [0.3, 0.4) is 0 Å². The van der Waals surface area contributed by atoms with Crippen LogP contribution in [0, 0.1) is 0 Å². The van der Waals surface area contributed by atoms with Gasteiger partial charge in [0.2, 0.25) is 0 Å². The fraction of sp³-hybridized carbons (Fsp3) is 0.786. The number of aliphatic carboxylic acids is 1. The number of carboxylic acid groups (broad SMARTS) is 1.